The Kier molecular flexibility index (Phi) is 3.85. The molecule has 22 heavy (non-hydrogen) atoms. The van der Waals surface area contributed by atoms with Crippen LogP contribution in [0.4, 0.5) is 10.2 Å². The quantitative estimate of drug-likeness (QED) is 0.681. The van der Waals surface area contributed by atoms with Crippen molar-refractivity contribution in [1.82, 2.24) is 4.98 Å². The number of pyridine rings is 1. The van der Waals surface area contributed by atoms with E-state index in [0.717, 1.165) is 5.39 Å². The molecule has 2 N–H and O–H groups in total. The molecule has 0 bridgehead atoms. The lowest BCUT2D eigenvalue weighted by Crippen LogP contribution is -2.08. The zero-order valence-corrected chi connectivity index (χ0v) is 13.0. The van der Waals surface area contributed by atoms with Gasteiger partial charge in [0.2, 0.25) is 5.75 Å². The van der Waals surface area contributed by atoms with E-state index in [4.69, 9.17) is 38.1 Å². The fourth-order valence-corrected chi connectivity index (χ4v) is 2.86. The molecule has 0 spiro atoms. The summed E-state index contributed by atoms with van der Waals surface area (Å²) in [5.41, 5.74) is 6.64. The van der Waals surface area contributed by atoms with Gasteiger partial charge in [-0.15, -0.1) is 0 Å². The van der Waals surface area contributed by atoms with Gasteiger partial charge < -0.3 is 14.9 Å². The molecule has 0 saturated heterocycles. The molecule has 2 heterocycles. The lowest BCUT2D eigenvalue weighted by molar-refractivity contribution is 0.227. The molecule has 0 radical (unpaired) electrons. The summed E-state index contributed by atoms with van der Waals surface area (Å²) in [5, 5.41) is 0.961. The average molecular weight is 341 g/mol. The largest absolute Gasteiger partial charge is 0.478 e. The van der Waals surface area contributed by atoms with Crippen LogP contribution in [0.5, 0.6) is 5.75 Å². The molecule has 3 aromatic rings. The minimum atomic E-state index is -0.643. The van der Waals surface area contributed by atoms with Crippen LogP contribution in [-0.4, -0.2) is 4.98 Å². The van der Waals surface area contributed by atoms with Crippen molar-refractivity contribution in [2.75, 3.05) is 5.73 Å². The van der Waals surface area contributed by atoms with Gasteiger partial charge in [-0.3, -0.25) is 0 Å². The van der Waals surface area contributed by atoms with Gasteiger partial charge in [0.25, 0.3) is 0 Å². The standard InChI is InChI=1S/C15H11Cl2FN2O2/c1-7(11-9(16)2-3-10(18)12(11)17)22-14-13-8(4-5-21-13)6-20-15(14)19/h2-7H,1H3,(H2,19,20)/t7-/m1/s1. The monoisotopic (exact) mass is 340 g/mol. The summed E-state index contributed by atoms with van der Waals surface area (Å²) in [6, 6.07) is 4.36. The Hall–Kier alpha value is -1.98. The Morgan fingerprint density at radius 3 is 2.86 bits per heavy atom. The molecule has 7 heteroatoms. The van der Waals surface area contributed by atoms with Crippen molar-refractivity contribution in [3.8, 4) is 5.75 Å². The molecule has 4 nitrogen and oxygen atoms in total. The van der Waals surface area contributed by atoms with E-state index in [1.54, 1.807) is 19.2 Å². The first-order valence-corrected chi connectivity index (χ1v) is 7.16. The van der Waals surface area contributed by atoms with Gasteiger partial charge in [-0.1, -0.05) is 23.2 Å². The van der Waals surface area contributed by atoms with E-state index < -0.39 is 11.9 Å². The zero-order chi connectivity index (χ0) is 15.9. The Morgan fingerprint density at radius 2 is 2.09 bits per heavy atom. The van der Waals surface area contributed by atoms with Gasteiger partial charge in [0, 0.05) is 22.2 Å². The first-order chi connectivity index (χ1) is 10.5. The molecule has 1 aromatic carbocycles. The normalized spacial score (nSPS) is 12.5. The fourth-order valence-electron chi connectivity index (χ4n) is 2.18. The van der Waals surface area contributed by atoms with E-state index in [2.05, 4.69) is 4.98 Å². The lowest BCUT2D eigenvalue weighted by Gasteiger charge is -2.18. The van der Waals surface area contributed by atoms with E-state index in [1.165, 1.54) is 18.4 Å². The number of hydrogen-bond acceptors (Lipinski definition) is 4. The van der Waals surface area contributed by atoms with Gasteiger partial charge in [-0.25, -0.2) is 9.37 Å². The number of rotatable bonds is 3. The van der Waals surface area contributed by atoms with Crippen LogP contribution in [0.1, 0.15) is 18.6 Å². The number of nitrogens with two attached hydrogens (primary N) is 1. The van der Waals surface area contributed by atoms with Gasteiger partial charge in [0.15, 0.2) is 11.4 Å². The van der Waals surface area contributed by atoms with Crippen molar-refractivity contribution in [3.05, 3.63) is 52.1 Å². The molecule has 114 valence electrons. The van der Waals surface area contributed by atoms with Crippen LogP contribution in [0.15, 0.2) is 35.1 Å². The summed E-state index contributed by atoms with van der Waals surface area (Å²) in [6.45, 7) is 1.69. The van der Waals surface area contributed by atoms with Crippen molar-refractivity contribution in [2.24, 2.45) is 0 Å². The second-order valence-electron chi connectivity index (χ2n) is 4.69. The topological polar surface area (TPSA) is 61.3 Å². The average Bonchev–Trinajstić information content (AvgIpc) is 2.95. The first-order valence-electron chi connectivity index (χ1n) is 6.40. The maximum absolute atomic E-state index is 13.6. The Morgan fingerprint density at radius 1 is 1.32 bits per heavy atom. The summed E-state index contributed by atoms with van der Waals surface area (Å²) < 4.78 is 24.8. The molecule has 0 amide bonds. The highest BCUT2D eigenvalue weighted by Crippen LogP contribution is 2.38. The maximum atomic E-state index is 13.6. The maximum Gasteiger partial charge on any atom is 0.205 e. The number of aromatic nitrogens is 1. The van der Waals surface area contributed by atoms with Gasteiger partial charge in [-0.05, 0) is 25.1 Å². The third-order valence-corrected chi connectivity index (χ3v) is 3.97. The number of hydrogen-bond donors (Lipinski definition) is 1. The van der Waals surface area contributed by atoms with Gasteiger partial charge in [0.1, 0.15) is 11.9 Å². The Bertz CT molecular complexity index is 851. The molecule has 0 fully saturated rings. The predicted molar refractivity (Wildman–Crippen MR) is 83.9 cm³/mol. The smallest absolute Gasteiger partial charge is 0.205 e. The molecule has 0 saturated carbocycles. The molecular weight excluding hydrogens is 330 g/mol. The number of fused-ring (bicyclic) bond motifs is 1. The highest BCUT2D eigenvalue weighted by Gasteiger charge is 2.21. The minimum Gasteiger partial charge on any atom is -0.478 e. The fraction of sp³-hybridized carbons (Fsp3) is 0.133. The van der Waals surface area contributed by atoms with Crippen LogP contribution in [0, 0.1) is 5.82 Å². The number of nitrogens with zero attached hydrogens (tertiary/aromatic N) is 1. The third kappa shape index (κ3) is 2.46. The van der Waals surface area contributed by atoms with Crippen LogP contribution < -0.4 is 10.5 Å². The van der Waals surface area contributed by atoms with Crippen molar-refractivity contribution >= 4 is 40.0 Å². The molecule has 2 aromatic heterocycles. The number of anilines is 1. The second-order valence-corrected chi connectivity index (χ2v) is 5.48. The van der Waals surface area contributed by atoms with Crippen molar-refractivity contribution < 1.29 is 13.5 Å². The third-order valence-electron chi connectivity index (χ3n) is 3.26. The van der Waals surface area contributed by atoms with Crippen LogP contribution in [0.25, 0.3) is 11.0 Å². The molecule has 3 rings (SSSR count). The van der Waals surface area contributed by atoms with Crippen molar-refractivity contribution in [3.63, 3.8) is 0 Å². The van der Waals surface area contributed by atoms with E-state index in [9.17, 15) is 4.39 Å². The van der Waals surface area contributed by atoms with E-state index in [-0.39, 0.29) is 16.6 Å². The summed E-state index contributed by atoms with van der Waals surface area (Å²) in [7, 11) is 0. The number of ether oxygens (including phenoxy) is 1. The highest BCUT2D eigenvalue weighted by atomic mass is 35.5. The van der Waals surface area contributed by atoms with Crippen molar-refractivity contribution in [2.45, 2.75) is 13.0 Å². The number of furan rings is 1. The number of benzene rings is 1. The van der Waals surface area contributed by atoms with Crippen molar-refractivity contribution in [1.29, 1.82) is 0 Å². The van der Waals surface area contributed by atoms with Crippen LogP contribution >= 0.6 is 23.2 Å². The Balaban J connectivity index is 2.04. The summed E-state index contributed by atoms with van der Waals surface area (Å²) in [6.07, 6.45) is 2.44. The van der Waals surface area contributed by atoms with Crippen LogP contribution in [-0.2, 0) is 0 Å². The summed E-state index contributed by atoms with van der Waals surface area (Å²) in [5.74, 6) is -0.136. The number of halogens is 3. The van der Waals surface area contributed by atoms with E-state index in [1.807, 2.05) is 0 Å². The molecule has 1 atom stereocenters. The molecule has 0 aliphatic carbocycles. The Labute approximate surface area is 135 Å². The molecule has 0 aliphatic heterocycles. The predicted octanol–water partition coefficient (Wildman–Crippen LogP) is 5.00. The van der Waals surface area contributed by atoms with Gasteiger partial charge >= 0.3 is 0 Å². The molecule has 0 unspecified atom stereocenters. The summed E-state index contributed by atoms with van der Waals surface area (Å²) in [4.78, 5) is 4.04. The van der Waals surface area contributed by atoms with E-state index >= 15 is 0 Å². The van der Waals surface area contributed by atoms with Crippen LogP contribution in [0.2, 0.25) is 10.0 Å². The highest BCUT2D eigenvalue weighted by molar-refractivity contribution is 6.36. The summed E-state index contributed by atoms with van der Waals surface area (Å²) >= 11 is 12.1. The zero-order valence-electron chi connectivity index (χ0n) is 11.4. The lowest BCUT2D eigenvalue weighted by atomic mass is 10.1. The van der Waals surface area contributed by atoms with Gasteiger partial charge in [0.05, 0.1) is 11.3 Å². The first kappa shape index (κ1) is 14.9. The SMILES string of the molecule is C[C@@H](Oc1c(N)ncc2ccoc12)c1c(Cl)ccc(F)c1Cl. The molecular formula is C15H11Cl2FN2O2. The van der Waals surface area contributed by atoms with E-state index in [0.29, 0.717) is 16.2 Å². The number of nitrogen functional groups attached to an aromatic ring is 1. The van der Waals surface area contributed by atoms with Gasteiger partial charge in [-0.2, -0.15) is 0 Å². The second kappa shape index (κ2) is 5.66. The van der Waals surface area contributed by atoms with Crippen LogP contribution in [0.3, 0.4) is 0 Å². The minimum absolute atomic E-state index is 0.0850. The molecule has 0 aliphatic rings.